The van der Waals surface area contributed by atoms with Crippen LogP contribution in [0.1, 0.15) is 48.3 Å². The van der Waals surface area contributed by atoms with Crippen LogP contribution < -0.4 is 14.8 Å². The minimum atomic E-state index is -0.450. The summed E-state index contributed by atoms with van der Waals surface area (Å²) in [6, 6.07) is 16.9. The lowest BCUT2D eigenvalue weighted by atomic mass is 10.1. The van der Waals surface area contributed by atoms with E-state index in [2.05, 4.69) is 29.2 Å². The highest BCUT2D eigenvalue weighted by Crippen LogP contribution is 2.33. The molecule has 1 saturated heterocycles. The molecular weight excluding hydrogens is 576 g/mol. The molecule has 0 unspecified atom stereocenters. The van der Waals surface area contributed by atoms with Gasteiger partial charge in [-0.1, -0.05) is 12.1 Å². The van der Waals surface area contributed by atoms with Gasteiger partial charge in [0.1, 0.15) is 17.7 Å². The molecule has 2 aromatic heterocycles. The van der Waals surface area contributed by atoms with Gasteiger partial charge in [0.05, 0.1) is 28.7 Å². The predicted octanol–water partition coefficient (Wildman–Crippen LogP) is 7.27. The summed E-state index contributed by atoms with van der Waals surface area (Å²) in [5.74, 6) is 0.155. The van der Waals surface area contributed by atoms with E-state index in [1.807, 2.05) is 6.92 Å². The zero-order valence-electron chi connectivity index (χ0n) is 26.1. The van der Waals surface area contributed by atoms with Gasteiger partial charge < -0.3 is 24.3 Å². The number of hydrogen-bond acceptors (Lipinski definition) is 6. The van der Waals surface area contributed by atoms with Crippen LogP contribution in [0.2, 0.25) is 0 Å². The Morgan fingerprint density at radius 1 is 1.00 bits per heavy atom. The molecule has 1 aliphatic rings. The molecule has 6 rings (SSSR count). The van der Waals surface area contributed by atoms with Crippen LogP contribution in [0.5, 0.6) is 17.2 Å². The van der Waals surface area contributed by atoms with Crippen LogP contribution in [-0.4, -0.2) is 57.3 Å². The molecule has 3 heterocycles. The van der Waals surface area contributed by atoms with Gasteiger partial charge in [0.2, 0.25) is 5.78 Å². The largest absolute Gasteiger partial charge is 0.487 e. The first-order valence-electron chi connectivity index (χ1n) is 15.2. The Balaban J connectivity index is 1.25. The molecule has 0 amide bonds. The Hall–Kier alpha value is -4.70. The predicted molar refractivity (Wildman–Crippen MR) is 171 cm³/mol. The highest BCUT2D eigenvalue weighted by atomic mass is 19.1. The van der Waals surface area contributed by atoms with E-state index in [0.29, 0.717) is 34.4 Å². The van der Waals surface area contributed by atoms with Crippen molar-refractivity contribution in [1.82, 2.24) is 19.2 Å². The first-order chi connectivity index (χ1) is 21.6. The zero-order valence-corrected chi connectivity index (χ0v) is 26.1. The summed E-state index contributed by atoms with van der Waals surface area (Å²) in [7, 11) is 3.47. The number of aryl methyl sites for hydroxylation is 2. The number of piperidine rings is 1. The second-order valence-corrected chi connectivity index (χ2v) is 11.8. The molecule has 10 heteroatoms. The summed E-state index contributed by atoms with van der Waals surface area (Å²) in [6.45, 7) is 8.08. The van der Waals surface area contributed by atoms with Gasteiger partial charge >= 0.3 is 0 Å². The number of nitrogens with one attached hydrogen (secondary N) is 1. The summed E-state index contributed by atoms with van der Waals surface area (Å²) < 4.78 is 44.5. The minimum Gasteiger partial charge on any atom is -0.487 e. The van der Waals surface area contributed by atoms with Crippen LogP contribution in [0.15, 0.2) is 66.9 Å². The molecule has 1 N–H and O–H groups in total. The first-order valence-corrected chi connectivity index (χ1v) is 15.2. The van der Waals surface area contributed by atoms with E-state index in [0.717, 1.165) is 42.6 Å². The van der Waals surface area contributed by atoms with Crippen molar-refractivity contribution in [2.45, 2.75) is 45.8 Å². The monoisotopic (exact) mass is 613 g/mol. The quantitative estimate of drug-likeness (QED) is 0.176. The standard InChI is InChI=1S/C35H37F2N5O3/c1-21(2)41-14-12-24(13-15-41)44-33-18-23-17-31(40(5)30(23)19-28(33)37)34(43)26-20-39-42(35(26)38-4)29-11-10-25(16-22(29)3)45-32-9-7-6-8-27(32)36/h6-11,16-21,24,38H,12-15H2,1-5H3. The van der Waals surface area contributed by atoms with Crippen LogP contribution in [-0.2, 0) is 7.05 Å². The molecule has 0 saturated carbocycles. The molecule has 0 radical (unpaired) electrons. The van der Waals surface area contributed by atoms with E-state index in [-0.39, 0.29) is 23.4 Å². The van der Waals surface area contributed by atoms with Crippen molar-refractivity contribution in [1.29, 1.82) is 0 Å². The van der Waals surface area contributed by atoms with Gasteiger partial charge in [0.15, 0.2) is 23.1 Å². The third kappa shape index (κ3) is 5.90. The van der Waals surface area contributed by atoms with Crippen molar-refractivity contribution < 1.29 is 23.0 Å². The van der Waals surface area contributed by atoms with E-state index in [4.69, 9.17) is 9.47 Å². The molecule has 3 aromatic carbocycles. The number of ether oxygens (including phenoxy) is 2. The number of hydrogen-bond donors (Lipinski definition) is 1. The fourth-order valence-electron chi connectivity index (χ4n) is 6.00. The molecule has 0 atom stereocenters. The lowest BCUT2D eigenvalue weighted by Crippen LogP contribution is -2.41. The molecule has 8 nitrogen and oxygen atoms in total. The third-order valence-electron chi connectivity index (χ3n) is 8.54. The average molecular weight is 614 g/mol. The highest BCUT2D eigenvalue weighted by Gasteiger charge is 2.26. The van der Waals surface area contributed by atoms with Crippen molar-refractivity contribution in [2.24, 2.45) is 7.05 Å². The van der Waals surface area contributed by atoms with E-state index < -0.39 is 11.6 Å². The lowest BCUT2D eigenvalue weighted by Gasteiger charge is -2.34. The fraction of sp³-hybridized carbons (Fsp3) is 0.314. The van der Waals surface area contributed by atoms with Crippen molar-refractivity contribution in [2.75, 3.05) is 25.5 Å². The molecule has 0 bridgehead atoms. The van der Waals surface area contributed by atoms with Crippen molar-refractivity contribution in [3.8, 4) is 22.9 Å². The van der Waals surface area contributed by atoms with Crippen LogP contribution in [0.4, 0.5) is 14.6 Å². The normalized spacial score (nSPS) is 14.3. The number of anilines is 1. The zero-order chi connectivity index (χ0) is 31.8. The number of halogens is 2. The summed E-state index contributed by atoms with van der Waals surface area (Å²) in [4.78, 5) is 16.3. The number of ketones is 1. The molecular formula is C35H37F2N5O3. The number of fused-ring (bicyclic) bond motifs is 1. The Bertz CT molecular complexity index is 1870. The van der Waals surface area contributed by atoms with Gasteiger partial charge in [0.25, 0.3) is 0 Å². The topological polar surface area (TPSA) is 73.5 Å². The van der Waals surface area contributed by atoms with E-state index in [1.165, 1.54) is 18.3 Å². The van der Waals surface area contributed by atoms with Crippen LogP contribution in [0.25, 0.3) is 16.6 Å². The lowest BCUT2D eigenvalue weighted by molar-refractivity contribution is 0.0817. The number of carbonyl (C=O) groups is 1. The van der Waals surface area contributed by atoms with Crippen molar-refractivity contribution in [3.63, 3.8) is 0 Å². The number of nitrogens with zero attached hydrogens (tertiary/aromatic N) is 4. The van der Waals surface area contributed by atoms with Gasteiger partial charge in [0, 0.05) is 44.7 Å². The molecule has 1 fully saturated rings. The number of rotatable bonds is 9. The molecule has 45 heavy (non-hydrogen) atoms. The van der Waals surface area contributed by atoms with Crippen LogP contribution in [0.3, 0.4) is 0 Å². The van der Waals surface area contributed by atoms with E-state index in [9.17, 15) is 9.18 Å². The van der Waals surface area contributed by atoms with Gasteiger partial charge in [-0.2, -0.15) is 5.10 Å². The van der Waals surface area contributed by atoms with Crippen molar-refractivity contribution in [3.05, 3.63) is 95.3 Å². The van der Waals surface area contributed by atoms with E-state index >= 15 is 4.39 Å². The van der Waals surface area contributed by atoms with Gasteiger partial charge in [-0.05, 0) is 81.6 Å². The highest BCUT2D eigenvalue weighted by molar-refractivity contribution is 6.13. The second-order valence-electron chi connectivity index (χ2n) is 11.8. The number of carbonyl (C=O) groups excluding carboxylic acids is 1. The number of aromatic nitrogens is 3. The number of para-hydroxylation sites is 1. The fourth-order valence-corrected chi connectivity index (χ4v) is 6.00. The molecule has 0 aliphatic carbocycles. The first kappa shape index (κ1) is 30.3. The molecule has 234 valence electrons. The van der Waals surface area contributed by atoms with Crippen LogP contribution >= 0.6 is 0 Å². The SMILES string of the molecule is CNc1c(C(=O)c2cc3cc(OC4CCN(C(C)C)CC4)c(F)cc3n2C)cnn1-c1ccc(Oc2ccccc2F)cc1C. The van der Waals surface area contributed by atoms with Gasteiger partial charge in [-0.25, -0.2) is 13.5 Å². The summed E-state index contributed by atoms with van der Waals surface area (Å²) >= 11 is 0. The molecule has 1 aliphatic heterocycles. The number of benzene rings is 3. The Morgan fingerprint density at radius 2 is 1.76 bits per heavy atom. The number of likely N-dealkylation sites (tertiary alicyclic amines) is 1. The molecule has 5 aromatic rings. The maximum Gasteiger partial charge on any atom is 0.214 e. The summed E-state index contributed by atoms with van der Waals surface area (Å²) in [5.41, 5.74) is 2.89. The Morgan fingerprint density at radius 3 is 2.44 bits per heavy atom. The third-order valence-corrected chi connectivity index (χ3v) is 8.54. The minimum absolute atomic E-state index is 0.0515. The smallest absolute Gasteiger partial charge is 0.214 e. The average Bonchev–Trinajstić information content (AvgIpc) is 3.59. The summed E-state index contributed by atoms with van der Waals surface area (Å²) in [6.07, 6.45) is 3.15. The maximum atomic E-state index is 15.2. The van der Waals surface area contributed by atoms with Crippen LogP contribution in [0, 0.1) is 18.6 Å². The second kappa shape index (κ2) is 12.4. The Kier molecular flexibility index (Phi) is 8.33. The Labute approximate surface area is 261 Å². The van der Waals surface area contributed by atoms with E-state index in [1.54, 1.807) is 71.9 Å². The molecule has 0 spiro atoms. The van der Waals surface area contributed by atoms with Gasteiger partial charge in [-0.3, -0.25) is 4.79 Å². The maximum absolute atomic E-state index is 15.2. The van der Waals surface area contributed by atoms with Gasteiger partial charge in [-0.15, -0.1) is 0 Å². The summed E-state index contributed by atoms with van der Waals surface area (Å²) in [5, 5.41) is 8.36. The van der Waals surface area contributed by atoms with Crippen molar-refractivity contribution >= 4 is 22.5 Å².